The van der Waals surface area contributed by atoms with Crippen molar-refractivity contribution in [2.75, 3.05) is 25.4 Å². The highest BCUT2D eigenvalue weighted by atomic mass is 32.2. The van der Waals surface area contributed by atoms with Gasteiger partial charge in [0.1, 0.15) is 5.60 Å². The first-order chi connectivity index (χ1) is 11.4. The third-order valence-electron chi connectivity index (χ3n) is 4.61. The lowest BCUT2D eigenvalue weighted by Crippen LogP contribution is -2.55. The molecule has 0 aromatic heterocycles. The smallest absolute Gasteiger partial charge is 0.410 e. The van der Waals surface area contributed by atoms with Crippen molar-refractivity contribution in [1.29, 1.82) is 0 Å². The van der Waals surface area contributed by atoms with Gasteiger partial charge in [0.15, 0.2) is 0 Å². The van der Waals surface area contributed by atoms with Crippen LogP contribution in [0, 0.1) is 0 Å². The van der Waals surface area contributed by atoms with Crippen LogP contribution in [0.2, 0.25) is 0 Å². The van der Waals surface area contributed by atoms with Gasteiger partial charge in [0, 0.05) is 25.4 Å². The van der Waals surface area contributed by atoms with Crippen LogP contribution in [0.5, 0.6) is 0 Å². The summed E-state index contributed by atoms with van der Waals surface area (Å²) in [6.07, 6.45) is 2.01. The summed E-state index contributed by atoms with van der Waals surface area (Å²) >= 11 is 2.01. The van der Waals surface area contributed by atoms with Gasteiger partial charge in [-0.05, 0) is 39.2 Å². The van der Waals surface area contributed by atoms with E-state index in [1.807, 2.05) is 37.4 Å². The predicted molar refractivity (Wildman–Crippen MR) is 99.1 cm³/mol. The molecule has 2 heterocycles. The van der Waals surface area contributed by atoms with Gasteiger partial charge in [0.05, 0.1) is 11.4 Å². The molecule has 2 saturated heterocycles. The standard InChI is InChI=1S/C19H28N2O2S/c1-18(2,3)23-17(22)20-11-7-10-19(15-20)21(12-13-24-19)14-16-8-5-4-6-9-16/h4-6,8-9H,7,10-15H2,1-3H3. The van der Waals surface area contributed by atoms with Crippen molar-refractivity contribution in [1.82, 2.24) is 9.80 Å². The van der Waals surface area contributed by atoms with Gasteiger partial charge >= 0.3 is 6.09 Å². The average molecular weight is 349 g/mol. The zero-order valence-corrected chi connectivity index (χ0v) is 15.8. The number of ether oxygens (including phenoxy) is 1. The largest absolute Gasteiger partial charge is 0.444 e. The Bertz CT molecular complexity index is 572. The van der Waals surface area contributed by atoms with Gasteiger partial charge in [-0.2, -0.15) is 0 Å². The summed E-state index contributed by atoms with van der Waals surface area (Å²) in [4.78, 5) is 17.0. The molecule has 0 N–H and O–H groups in total. The summed E-state index contributed by atoms with van der Waals surface area (Å²) in [5, 5.41) is 0. The molecule has 0 bridgehead atoms. The van der Waals surface area contributed by atoms with Gasteiger partial charge in [-0.3, -0.25) is 4.90 Å². The van der Waals surface area contributed by atoms with E-state index in [4.69, 9.17) is 4.74 Å². The van der Waals surface area contributed by atoms with E-state index in [-0.39, 0.29) is 11.0 Å². The topological polar surface area (TPSA) is 32.8 Å². The molecule has 2 fully saturated rings. The molecule has 2 aliphatic heterocycles. The molecule has 132 valence electrons. The molecule has 24 heavy (non-hydrogen) atoms. The minimum Gasteiger partial charge on any atom is -0.444 e. The van der Waals surface area contributed by atoms with Crippen LogP contribution in [0.1, 0.15) is 39.2 Å². The number of nitrogens with zero attached hydrogens (tertiary/aromatic N) is 2. The zero-order valence-electron chi connectivity index (χ0n) is 15.0. The Morgan fingerprint density at radius 3 is 2.71 bits per heavy atom. The molecule has 0 radical (unpaired) electrons. The van der Waals surface area contributed by atoms with Crippen LogP contribution in [0.25, 0.3) is 0 Å². The Hall–Kier alpha value is -1.20. The number of amides is 1. The maximum Gasteiger partial charge on any atom is 0.410 e. The molecule has 3 rings (SSSR count). The van der Waals surface area contributed by atoms with E-state index in [9.17, 15) is 4.79 Å². The molecular weight excluding hydrogens is 320 g/mol. The molecular formula is C19H28N2O2S. The Balaban J connectivity index is 1.70. The second-order valence-electron chi connectivity index (χ2n) is 7.71. The predicted octanol–water partition coefficient (Wildman–Crippen LogP) is 3.96. The fourth-order valence-electron chi connectivity index (χ4n) is 3.53. The molecule has 4 nitrogen and oxygen atoms in total. The van der Waals surface area contributed by atoms with Gasteiger partial charge in [0.25, 0.3) is 0 Å². The number of rotatable bonds is 2. The van der Waals surface area contributed by atoms with E-state index in [0.717, 1.165) is 44.8 Å². The van der Waals surface area contributed by atoms with Crippen LogP contribution in [0.3, 0.4) is 0 Å². The molecule has 1 spiro atoms. The second-order valence-corrected chi connectivity index (χ2v) is 9.16. The number of carbonyl (C=O) groups excluding carboxylic acids is 1. The Kier molecular flexibility index (Phi) is 5.11. The highest BCUT2D eigenvalue weighted by molar-refractivity contribution is 8.00. The van der Waals surface area contributed by atoms with Gasteiger partial charge < -0.3 is 9.64 Å². The molecule has 1 amide bonds. The van der Waals surface area contributed by atoms with Crippen molar-refractivity contribution in [2.45, 2.75) is 50.6 Å². The summed E-state index contributed by atoms with van der Waals surface area (Å²) < 4.78 is 5.59. The van der Waals surface area contributed by atoms with Crippen molar-refractivity contribution in [3.05, 3.63) is 35.9 Å². The Morgan fingerprint density at radius 2 is 2.00 bits per heavy atom. The van der Waals surface area contributed by atoms with Crippen LogP contribution in [-0.2, 0) is 11.3 Å². The lowest BCUT2D eigenvalue weighted by Gasteiger charge is -2.45. The molecule has 1 atom stereocenters. The summed E-state index contributed by atoms with van der Waals surface area (Å²) in [6.45, 7) is 9.39. The number of piperidine rings is 1. The van der Waals surface area contributed by atoms with Crippen molar-refractivity contribution in [3.8, 4) is 0 Å². The highest BCUT2D eigenvalue weighted by Gasteiger charge is 2.46. The van der Waals surface area contributed by atoms with E-state index in [0.29, 0.717) is 0 Å². The van der Waals surface area contributed by atoms with Crippen LogP contribution in [0.4, 0.5) is 4.79 Å². The van der Waals surface area contributed by atoms with E-state index in [2.05, 4.69) is 35.2 Å². The number of hydrogen-bond acceptors (Lipinski definition) is 4. The van der Waals surface area contributed by atoms with Gasteiger partial charge in [0.2, 0.25) is 0 Å². The Labute approximate surface area is 149 Å². The van der Waals surface area contributed by atoms with Gasteiger partial charge in [-0.25, -0.2) is 4.79 Å². The maximum absolute atomic E-state index is 12.5. The van der Waals surface area contributed by atoms with Crippen LogP contribution in [-0.4, -0.2) is 51.8 Å². The van der Waals surface area contributed by atoms with Crippen molar-refractivity contribution >= 4 is 17.9 Å². The summed E-state index contributed by atoms with van der Waals surface area (Å²) in [5.74, 6) is 1.13. The Morgan fingerprint density at radius 1 is 1.25 bits per heavy atom. The average Bonchev–Trinajstić information content (AvgIpc) is 2.89. The lowest BCUT2D eigenvalue weighted by molar-refractivity contribution is 0.00723. The van der Waals surface area contributed by atoms with Crippen LogP contribution in [0.15, 0.2) is 30.3 Å². The third kappa shape index (κ3) is 4.06. The summed E-state index contributed by atoms with van der Waals surface area (Å²) in [5.41, 5.74) is 0.905. The van der Waals surface area contributed by atoms with E-state index < -0.39 is 5.60 Å². The first-order valence-corrected chi connectivity index (χ1v) is 9.77. The molecule has 5 heteroatoms. The summed E-state index contributed by atoms with van der Waals surface area (Å²) in [6, 6.07) is 10.6. The van der Waals surface area contributed by atoms with E-state index in [1.54, 1.807) is 0 Å². The van der Waals surface area contributed by atoms with Crippen molar-refractivity contribution < 1.29 is 9.53 Å². The van der Waals surface area contributed by atoms with Crippen molar-refractivity contribution in [2.24, 2.45) is 0 Å². The van der Waals surface area contributed by atoms with Gasteiger partial charge in [-0.1, -0.05) is 30.3 Å². The number of hydrogen-bond donors (Lipinski definition) is 0. The SMILES string of the molecule is CC(C)(C)OC(=O)N1CCCC2(C1)SCCN2Cc1ccccc1. The molecule has 1 aromatic rings. The highest BCUT2D eigenvalue weighted by Crippen LogP contribution is 2.43. The molecule has 0 aliphatic carbocycles. The quantitative estimate of drug-likeness (QED) is 0.810. The maximum atomic E-state index is 12.5. The molecule has 1 unspecified atom stereocenters. The number of carbonyl (C=O) groups is 1. The van der Waals surface area contributed by atoms with Gasteiger partial charge in [-0.15, -0.1) is 11.8 Å². The number of benzene rings is 1. The first kappa shape index (κ1) is 17.6. The number of thioether (sulfide) groups is 1. The monoisotopic (exact) mass is 348 g/mol. The molecule has 2 aliphatic rings. The van der Waals surface area contributed by atoms with E-state index >= 15 is 0 Å². The minimum absolute atomic E-state index is 0.0466. The normalized spacial score (nSPS) is 25.2. The molecule has 1 aromatic carbocycles. The minimum atomic E-state index is -0.436. The molecule has 0 saturated carbocycles. The zero-order chi connectivity index (χ0) is 17.2. The first-order valence-electron chi connectivity index (χ1n) is 8.79. The fourth-order valence-corrected chi connectivity index (χ4v) is 5.09. The van der Waals surface area contributed by atoms with Crippen molar-refractivity contribution in [3.63, 3.8) is 0 Å². The van der Waals surface area contributed by atoms with Crippen LogP contribution >= 0.6 is 11.8 Å². The van der Waals surface area contributed by atoms with E-state index in [1.165, 1.54) is 5.56 Å². The fraction of sp³-hybridized carbons (Fsp3) is 0.632. The lowest BCUT2D eigenvalue weighted by atomic mass is 10.0. The second kappa shape index (κ2) is 6.96. The summed E-state index contributed by atoms with van der Waals surface area (Å²) in [7, 11) is 0. The number of likely N-dealkylation sites (tertiary alicyclic amines) is 1. The van der Waals surface area contributed by atoms with Crippen LogP contribution < -0.4 is 0 Å². The third-order valence-corrected chi connectivity index (χ3v) is 6.13.